The summed E-state index contributed by atoms with van der Waals surface area (Å²) in [5.74, 6) is -2.82. The number of benzene rings is 1. The number of rotatable bonds is 4. The van der Waals surface area contributed by atoms with Gasteiger partial charge >= 0.3 is 17.9 Å². The minimum absolute atomic E-state index is 0.0636. The van der Waals surface area contributed by atoms with Crippen LogP contribution >= 0.6 is 11.6 Å². The van der Waals surface area contributed by atoms with E-state index in [9.17, 15) is 19.5 Å². The van der Waals surface area contributed by atoms with E-state index < -0.39 is 17.9 Å². The summed E-state index contributed by atoms with van der Waals surface area (Å²) in [4.78, 5) is 37.2. The Morgan fingerprint density at radius 3 is 2.40 bits per heavy atom. The van der Waals surface area contributed by atoms with Crippen LogP contribution < -0.4 is 4.90 Å². The predicted octanol–water partition coefficient (Wildman–Crippen LogP) is 1.74. The molecule has 1 aliphatic heterocycles. The maximum atomic E-state index is 12.3. The number of anilines is 1. The second kappa shape index (κ2) is 7.54. The average molecular weight is 370 g/mol. The number of hydrogen-bond donors (Lipinski definition) is 1. The molecule has 1 aromatic rings. The van der Waals surface area contributed by atoms with Crippen molar-refractivity contribution in [3.8, 4) is 0 Å². The molecule has 8 nitrogen and oxygen atoms in total. The lowest BCUT2D eigenvalue weighted by atomic mass is 10.0. The van der Waals surface area contributed by atoms with Crippen LogP contribution in [0.2, 0.25) is 5.02 Å². The minimum Gasteiger partial charge on any atom is -0.478 e. The number of ether oxygens (including phenoxy) is 3. The summed E-state index contributed by atoms with van der Waals surface area (Å²) in [6.45, 7) is 1.32. The molecule has 25 heavy (non-hydrogen) atoms. The van der Waals surface area contributed by atoms with Gasteiger partial charge in [-0.15, -0.1) is 0 Å². The molecule has 0 aromatic heterocycles. The van der Waals surface area contributed by atoms with Gasteiger partial charge in [0.25, 0.3) is 0 Å². The Kier molecular flexibility index (Phi) is 5.66. The van der Waals surface area contributed by atoms with Crippen LogP contribution in [0.4, 0.5) is 5.69 Å². The topological polar surface area (TPSA) is 102 Å². The molecule has 0 fully saturated rings. The fraction of sp³-hybridized carbons (Fsp3) is 0.312. The molecular formula is C16H16ClNO7. The van der Waals surface area contributed by atoms with E-state index in [4.69, 9.17) is 21.1 Å². The van der Waals surface area contributed by atoms with Gasteiger partial charge in [0.15, 0.2) is 0 Å². The number of carboxylic acids is 1. The van der Waals surface area contributed by atoms with Crippen LogP contribution in [-0.2, 0) is 23.8 Å². The molecule has 9 heteroatoms. The number of esters is 2. The van der Waals surface area contributed by atoms with Crippen LogP contribution in [0.15, 0.2) is 23.4 Å². The monoisotopic (exact) mass is 369 g/mol. The normalized spacial score (nSPS) is 14.3. The van der Waals surface area contributed by atoms with E-state index in [2.05, 4.69) is 4.74 Å². The molecule has 0 spiro atoms. The van der Waals surface area contributed by atoms with Crippen LogP contribution in [0, 0.1) is 6.92 Å². The van der Waals surface area contributed by atoms with Crippen molar-refractivity contribution in [3.63, 3.8) is 0 Å². The maximum Gasteiger partial charge on any atom is 0.355 e. The van der Waals surface area contributed by atoms with Crippen molar-refractivity contribution in [1.82, 2.24) is 0 Å². The quantitative estimate of drug-likeness (QED) is 0.801. The van der Waals surface area contributed by atoms with E-state index in [1.165, 1.54) is 18.1 Å². The first kappa shape index (κ1) is 18.8. The summed E-state index contributed by atoms with van der Waals surface area (Å²) in [5.41, 5.74) is 0.334. The number of hydrogen-bond acceptors (Lipinski definition) is 7. The molecule has 1 N–H and O–H groups in total. The molecule has 0 saturated heterocycles. The highest BCUT2D eigenvalue weighted by Gasteiger charge is 2.34. The van der Waals surface area contributed by atoms with Crippen LogP contribution in [-0.4, -0.2) is 50.6 Å². The first-order valence-corrected chi connectivity index (χ1v) is 7.48. The fourth-order valence-corrected chi connectivity index (χ4v) is 2.85. The third-order valence-electron chi connectivity index (χ3n) is 3.60. The third-order valence-corrected chi connectivity index (χ3v) is 3.82. The van der Waals surface area contributed by atoms with E-state index in [0.717, 1.165) is 7.11 Å². The van der Waals surface area contributed by atoms with Crippen LogP contribution in [0.1, 0.15) is 15.9 Å². The van der Waals surface area contributed by atoms with Crippen LogP contribution in [0.3, 0.4) is 0 Å². The maximum absolute atomic E-state index is 12.3. The lowest BCUT2D eigenvalue weighted by Crippen LogP contribution is -2.39. The molecule has 1 aliphatic rings. The van der Waals surface area contributed by atoms with E-state index in [1.807, 2.05) is 0 Å². The van der Waals surface area contributed by atoms with Gasteiger partial charge in [0, 0.05) is 5.02 Å². The van der Waals surface area contributed by atoms with Gasteiger partial charge in [-0.05, 0) is 24.6 Å². The molecular weight excluding hydrogens is 354 g/mol. The van der Waals surface area contributed by atoms with Gasteiger partial charge in [0.2, 0.25) is 0 Å². The van der Waals surface area contributed by atoms with Gasteiger partial charge in [-0.3, -0.25) is 0 Å². The molecule has 0 radical (unpaired) electrons. The summed E-state index contributed by atoms with van der Waals surface area (Å²) in [6, 6.07) is 2.80. The number of methoxy groups -OCH3 is 2. The van der Waals surface area contributed by atoms with E-state index >= 15 is 0 Å². The molecule has 1 aromatic carbocycles. The van der Waals surface area contributed by atoms with Crippen LogP contribution in [0.5, 0.6) is 0 Å². The van der Waals surface area contributed by atoms with E-state index in [-0.39, 0.29) is 40.9 Å². The Balaban J connectivity index is 2.74. The van der Waals surface area contributed by atoms with Gasteiger partial charge in [0.1, 0.15) is 12.4 Å². The number of aryl methyl sites for hydroxylation is 1. The SMILES string of the molecule is COC(=O)C1=C(C(=O)OC)N(c2c(C)cc(Cl)cc2C(=O)O)COC1. The molecule has 134 valence electrons. The Morgan fingerprint density at radius 1 is 1.20 bits per heavy atom. The van der Waals surface area contributed by atoms with Crippen molar-refractivity contribution in [2.24, 2.45) is 0 Å². The van der Waals surface area contributed by atoms with Crippen molar-refractivity contribution < 1.29 is 33.7 Å². The van der Waals surface area contributed by atoms with Gasteiger partial charge in [0.05, 0.1) is 37.7 Å². The van der Waals surface area contributed by atoms with Gasteiger partial charge in [-0.25, -0.2) is 14.4 Å². The standard InChI is InChI=1S/C16H16ClNO7/c1-8-4-9(17)5-10(14(19)20)12(8)18-7-25-6-11(15(21)23-2)13(18)16(22)24-3/h4-5H,6-7H2,1-3H3,(H,19,20). The summed E-state index contributed by atoms with van der Waals surface area (Å²) in [6.07, 6.45) is 0. The fourth-order valence-electron chi connectivity index (χ4n) is 2.58. The smallest absolute Gasteiger partial charge is 0.355 e. The number of carbonyl (C=O) groups excluding carboxylic acids is 2. The predicted molar refractivity (Wildman–Crippen MR) is 87.5 cm³/mol. The zero-order chi connectivity index (χ0) is 18.7. The molecule has 0 amide bonds. The summed E-state index contributed by atoms with van der Waals surface area (Å²) >= 11 is 5.94. The highest BCUT2D eigenvalue weighted by molar-refractivity contribution is 6.31. The number of carbonyl (C=O) groups is 3. The molecule has 0 atom stereocenters. The number of aromatic carboxylic acids is 1. The number of carboxylic acid groups (broad SMARTS) is 1. The van der Waals surface area contributed by atoms with Gasteiger partial charge in [-0.1, -0.05) is 11.6 Å². The number of halogens is 1. The van der Waals surface area contributed by atoms with Crippen molar-refractivity contribution in [2.75, 3.05) is 32.5 Å². The van der Waals surface area contributed by atoms with Crippen molar-refractivity contribution in [3.05, 3.63) is 39.6 Å². The van der Waals surface area contributed by atoms with Crippen molar-refractivity contribution in [2.45, 2.75) is 6.92 Å². The zero-order valence-corrected chi connectivity index (χ0v) is 14.5. The first-order valence-electron chi connectivity index (χ1n) is 7.10. The Morgan fingerprint density at radius 2 is 1.84 bits per heavy atom. The summed E-state index contributed by atoms with van der Waals surface area (Å²) < 4.78 is 14.8. The Bertz CT molecular complexity index is 772. The van der Waals surface area contributed by atoms with Crippen molar-refractivity contribution >= 4 is 35.2 Å². The van der Waals surface area contributed by atoms with Crippen LogP contribution in [0.25, 0.3) is 0 Å². The highest BCUT2D eigenvalue weighted by atomic mass is 35.5. The Hall–Kier alpha value is -2.58. The minimum atomic E-state index is -1.24. The average Bonchev–Trinajstić information content (AvgIpc) is 2.59. The first-order chi connectivity index (χ1) is 11.8. The molecule has 2 rings (SSSR count). The highest BCUT2D eigenvalue weighted by Crippen LogP contribution is 2.34. The molecule has 0 unspecified atom stereocenters. The lowest BCUT2D eigenvalue weighted by molar-refractivity contribution is -0.140. The number of nitrogens with zero attached hydrogens (tertiary/aromatic N) is 1. The zero-order valence-electron chi connectivity index (χ0n) is 13.8. The van der Waals surface area contributed by atoms with Gasteiger partial charge < -0.3 is 24.2 Å². The summed E-state index contributed by atoms with van der Waals surface area (Å²) in [7, 11) is 2.32. The second-order valence-corrected chi connectivity index (χ2v) is 5.58. The third kappa shape index (κ3) is 3.59. The van der Waals surface area contributed by atoms with Gasteiger partial charge in [-0.2, -0.15) is 0 Å². The second-order valence-electron chi connectivity index (χ2n) is 5.14. The van der Waals surface area contributed by atoms with Crippen molar-refractivity contribution in [1.29, 1.82) is 0 Å². The largest absolute Gasteiger partial charge is 0.478 e. The molecule has 0 saturated carbocycles. The molecule has 1 heterocycles. The van der Waals surface area contributed by atoms with E-state index in [0.29, 0.717) is 5.56 Å². The van der Waals surface area contributed by atoms with E-state index in [1.54, 1.807) is 13.0 Å². The molecule has 0 aliphatic carbocycles. The summed E-state index contributed by atoms with van der Waals surface area (Å²) in [5, 5.41) is 9.73. The Labute approximate surface area is 148 Å². The molecule has 0 bridgehead atoms. The lowest BCUT2D eigenvalue weighted by Gasteiger charge is -2.33.